The molecule has 1 atom stereocenters. The number of anilines is 1. The van der Waals surface area contributed by atoms with Crippen LogP contribution in [0.25, 0.3) is 22.3 Å². The van der Waals surface area contributed by atoms with E-state index in [1.807, 2.05) is 54.7 Å². The Labute approximate surface area is 202 Å². The Morgan fingerprint density at radius 2 is 1.56 bits per heavy atom. The SMILES string of the molecule is CC(N(C)c1nn(C)c2nnc(-c3cnc(OC(C)(C)C)nc3OC(C)(C)C)cc12)C(C)(C)C. The van der Waals surface area contributed by atoms with E-state index in [4.69, 9.17) is 14.6 Å². The van der Waals surface area contributed by atoms with Crippen LogP contribution in [0.4, 0.5) is 5.82 Å². The van der Waals surface area contributed by atoms with Crippen LogP contribution in [-0.4, -0.2) is 54.2 Å². The minimum atomic E-state index is -0.471. The Kier molecular flexibility index (Phi) is 6.54. The highest BCUT2D eigenvalue weighted by atomic mass is 16.5. The van der Waals surface area contributed by atoms with Crippen LogP contribution in [-0.2, 0) is 7.05 Å². The highest BCUT2D eigenvalue weighted by Gasteiger charge is 2.28. The lowest BCUT2D eigenvalue weighted by Crippen LogP contribution is -2.39. The Morgan fingerprint density at radius 1 is 0.941 bits per heavy atom. The van der Waals surface area contributed by atoms with E-state index in [0.717, 1.165) is 11.2 Å². The molecule has 9 heteroatoms. The van der Waals surface area contributed by atoms with Crippen molar-refractivity contribution in [3.05, 3.63) is 12.3 Å². The quantitative estimate of drug-likeness (QED) is 0.513. The standard InChI is InChI=1S/C25H39N7O2/c1-15(23(2,3)4)31(11)20-16-13-18(28-29-19(16)32(12)30-20)17-14-26-22(34-25(8,9)10)27-21(17)33-24(5,6)7/h13-15H,1-12H3. The maximum absolute atomic E-state index is 6.19. The van der Waals surface area contributed by atoms with Gasteiger partial charge in [-0.3, -0.25) is 0 Å². The zero-order valence-electron chi connectivity index (χ0n) is 22.7. The fourth-order valence-electron chi connectivity index (χ4n) is 3.41. The lowest BCUT2D eigenvalue weighted by Gasteiger charge is -2.35. The van der Waals surface area contributed by atoms with Crippen molar-refractivity contribution < 1.29 is 9.47 Å². The van der Waals surface area contributed by atoms with E-state index in [1.165, 1.54) is 0 Å². The third kappa shape index (κ3) is 5.74. The third-order valence-electron chi connectivity index (χ3n) is 5.54. The molecule has 0 bridgehead atoms. The van der Waals surface area contributed by atoms with Crippen LogP contribution in [0.2, 0.25) is 0 Å². The van der Waals surface area contributed by atoms with Crippen molar-refractivity contribution >= 4 is 16.9 Å². The molecule has 0 aliphatic rings. The molecular weight excluding hydrogens is 430 g/mol. The maximum Gasteiger partial charge on any atom is 0.320 e. The number of aromatic nitrogens is 6. The van der Waals surface area contributed by atoms with Crippen LogP contribution in [0, 0.1) is 5.41 Å². The number of hydrogen-bond donors (Lipinski definition) is 0. The Bertz CT molecular complexity index is 1170. The van der Waals surface area contributed by atoms with Gasteiger partial charge in [-0.1, -0.05) is 20.8 Å². The van der Waals surface area contributed by atoms with Crippen LogP contribution in [0.1, 0.15) is 69.2 Å². The molecule has 3 aromatic heterocycles. The van der Waals surface area contributed by atoms with Gasteiger partial charge in [0, 0.05) is 26.3 Å². The van der Waals surface area contributed by atoms with Gasteiger partial charge in [0.05, 0.1) is 10.9 Å². The summed E-state index contributed by atoms with van der Waals surface area (Å²) in [6, 6.07) is 2.49. The van der Waals surface area contributed by atoms with Gasteiger partial charge in [-0.15, -0.1) is 10.2 Å². The van der Waals surface area contributed by atoms with Gasteiger partial charge in [0.1, 0.15) is 16.9 Å². The van der Waals surface area contributed by atoms with Crippen LogP contribution < -0.4 is 14.4 Å². The zero-order chi connectivity index (χ0) is 25.6. The lowest BCUT2D eigenvalue weighted by molar-refractivity contribution is 0.103. The molecule has 0 aromatic carbocycles. The first kappa shape index (κ1) is 25.6. The highest BCUT2D eigenvalue weighted by Crippen LogP contribution is 2.35. The fraction of sp³-hybridized carbons (Fsp3) is 0.640. The van der Waals surface area contributed by atoms with Crippen molar-refractivity contribution in [2.24, 2.45) is 12.5 Å². The second-order valence-corrected chi connectivity index (χ2v) is 11.9. The summed E-state index contributed by atoms with van der Waals surface area (Å²) in [4.78, 5) is 11.2. The van der Waals surface area contributed by atoms with Gasteiger partial charge in [-0.05, 0) is 59.9 Å². The Balaban J connectivity index is 2.14. The minimum Gasteiger partial charge on any atom is -0.471 e. The van der Waals surface area contributed by atoms with E-state index in [-0.39, 0.29) is 17.5 Å². The van der Waals surface area contributed by atoms with Crippen LogP contribution in [0.3, 0.4) is 0 Å². The molecule has 34 heavy (non-hydrogen) atoms. The van der Waals surface area contributed by atoms with E-state index in [2.05, 4.69) is 59.8 Å². The molecule has 186 valence electrons. The van der Waals surface area contributed by atoms with E-state index < -0.39 is 11.2 Å². The number of aryl methyl sites for hydroxylation is 1. The number of fused-ring (bicyclic) bond motifs is 1. The molecule has 0 aliphatic carbocycles. The van der Waals surface area contributed by atoms with Crippen molar-refractivity contribution in [2.75, 3.05) is 11.9 Å². The van der Waals surface area contributed by atoms with Crippen LogP contribution in [0.5, 0.6) is 11.9 Å². The summed E-state index contributed by atoms with van der Waals surface area (Å²) in [5.74, 6) is 1.25. The minimum absolute atomic E-state index is 0.0757. The third-order valence-corrected chi connectivity index (χ3v) is 5.54. The summed E-state index contributed by atoms with van der Waals surface area (Å²) in [5.41, 5.74) is 1.14. The van der Waals surface area contributed by atoms with Gasteiger partial charge in [0.2, 0.25) is 5.88 Å². The molecule has 3 aromatic rings. The van der Waals surface area contributed by atoms with Crippen molar-refractivity contribution in [1.82, 2.24) is 29.9 Å². The Hall–Kier alpha value is -2.97. The Morgan fingerprint density at radius 3 is 2.12 bits per heavy atom. The van der Waals surface area contributed by atoms with E-state index in [0.29, 0.717) is 22.8 Å². The largest absolute Gasteiger partial charge is 0.471 e. The molecule has 9 nitrogen and oxygen atoms in total. The smallest absolute Gasteiger partial charge is 0.320 e. The van der Waals surface area contributed by atoms with Crippen molar-refractivity contribution in [3.8, 4) is 23.1 Å². The first-order valence-electron chi connectivity index (χ1n) is 11.6. The fourth-order valence-corrected chi connectivity index (χ4v) is 3.41. The highest BCUT2D eigenvalue weighted by molar-refractivity contribution is 5.90. The van der Waals surface area contributed by atoms with Gasteiger partial charge < -0.3 is 14.4 Å². The number of rotatable bonds is 5. The first-order valence-corrected chi connectivity index (χ1v) is 11.6. The molecule has 1 unspecified atom stereocenters. The summed E-state index contributed by atoms with van der Waals surface area (Å²) in [6.07, 6.45) is 1.68. The van der Waals surface area contributed by atoms with Gasteiger partial charge in [0.25, 0.3) is 0 Å². The monoisotopic (exact) mass is 469 g/mol. The van der Waals surface area contributed by atoms with Crippen LogP contribution in [0.15, 0.2) is 12.3 Å². The average Bonchev–Trinajstić information content (AvgIpc) is 3.00. The molecule has 0 saturated heterocycles. The maximum atomic E-state index is 6.19. The molecule has 0 radical (unpaired) electrons. The molecule has 3 rings (SSSR count). The predicted molar refractivity (Wildman–Crippen MR) is 135 cm³/mol. The molecule has 0 aliphatic heterocycles. The number of nitrogens with zero attached hydrogens (tertiary/aromatic N) is 7. The molecule has 0 spiro atoms. The van der Waals surface area contributed by atoms with Gasteiger partial charge >= 0.3 is 6.01 Å². The van der Waals surface area contributed by atoms with Crippen molar-refractivity contribution in [1.29, 1.82) is 0 Å². The molecule has 0 fully saturated rings. The summed E-state index contributed by atoms with van der Waals surface area (Å²) >= 11 is 0. The topological polar surface area (TPSA) is 91.1 Å². The van der Waals surface area contributed by atoms with E-state index in [9.17, 15) is 0 Å². The summed E-state index contributed by atoms with van der Waals surface area (Å²) in [6.45, 7) is 20.6. The second kappa shape index (κ2) is 8.67. The van der Waals surface area contributed by atoms with Crippen molar-refractivity contribution in [2.45, 2.75) is 86.5 Å². The van der Waals surface area contributed by atoms with Crippen LogP contribution >= 0.6 is 0 Å². The predicted octanol–water partition coefficient (Wildman–Crippen LogP) is 5.05. The van der Waals surface area contributed by atoms with Crippen molar-refractivity contribution in [3.63, 3.8) is 0 Å². The molecule has 0 amide bonds. The summed E-state index contributed by atoms with van der Waals surface area (Å²) in [5, 5.41) is 14.6. The summed E-state index contributed by atoms with van der Waals surface area (Å²) in [7, 11) is 3.94. The van der Waals surface area contributed by atoms with E-state index >= 15 is 0 Å². The summed E-state index contributed by atoms with van der Waals surface area (Å²) < 4.78 is 13.8. The first-order chi connectivity index (χ1) is 15.5. The molecule has 3 heterocycles. The number of ether oxygens (including phenoxy) is 2. The zero-order valence-corrected chi connectivity index (χ0v) is 22.7. The molecular formula is C25H39N7O2. The van der Waals surface area contributed by atoms with E-state index in [1.54, 1.807) is 10.9 Å². The lowest BCUT2D eigenvalue weighted by atomic mass is 9.87. The normalized spacial score (nSPS) is 13.8. The van der Waals surface area contributed by atoms with Gasteiger partial charge in [0.15, 0.2) is 11.5 Å². The second-order valence-electron chi connectivity index (χ2n) is 11.9. The molecule has 0 N–H and O–H groups in total. The average molecular weight is 470 g/mol. The van der Waals surface area contributed by atoms with Gasteiger partial charge in [-0.25, -0.2) is 9.67 Å². The van der Waals surface area contributed by atoms with Gasteiger partial charge in [-0.2, -0.15) is 10.1 Å². The number of hydrogen-bond acceptors (Lipinski definition) is 8. The molecule has 0 saturated carbocycles.